The van der Waals surface area contributed by atoms with E-state index in [0.29, 0.717) is 39.6 Å². The number of ether oxygens (including phenoxy) is 7. The minimum absolute atomic E-state index is 0.250. The number of unbranched alkanes of at least 4 members (excludes halogenated alkanes) is 14. The molecule has 0 spiro atoms. The number of nitrogens with zero attached hydrogens (tertiary/aromatic N) is 2. The first-order valence-corrected chi connectivity index (χ1v) is 42.7. The van der Waals surface area contributed by atoms with Gasteiger partial charge in [-0.05, 0) is 148 Å². The Kier molecular flexibility index (Phi) is 85.6. The summed E-state index contributed by atoms with van der Waals surface area (Å²) in [5.41, 5.74) is 5.02. The summed E-state index contributed by atoms with van der Waals surface area (Å²) < 4.78 is 35.0. The van der Waals surface area contributed by atoms with E-state index in [1.165, 1.54) is 120 Å². The van der Waals surface area contributed by atoms with Crippen molar-refractivity contribution >= 4 is 60.2 Å². The van der Waals surface area contributed by atoms with Crippen molar-refractivity contribution in [3.8, 4) is 0 Å². The molecule has 0 bridgehead atoms. The van der Waals surface area contributed by atoms with Crippen LogP contribution in [0, 0.1) is 5.92 Å². The molecule has 116 heavy (non-hydrogen) atoms. The van der Waals surface area contributed by atoms with Gasteiger partial charge in [-0.2, -0.15) is 0 Å². The number of esters is 5. The average Bonchev–Trinajstić information content (AvgIpc) is 0.971. The van der Waals surface area contributed by atoms with Crippen molar-refractivity contribution in [1.82, 2.24) is 9.80 Å². The van der Waals surface area contributed by atoms with Crippen molar-refractivity contribution in [2.75, 3.05) is 99.7 Å². The standard InChI is InChI=1S/C18H26O2.C14H18O3.C14H18O2.C13H16O2.C12H14O2.C11H21NO.C11H21N.C9H18/c1-2-3-4-5-6-7-11-16-20-18(19)15-14-17-12-9-8-10-13-17;1-16-11-5-6-12-17-14(15)10-9-13-7-3-2-4-8-13;1-2-3-7-12-16-14(15)11-10-13-8-5-4-6-9-13;1-2-3-11-15-13(14)10-9-12-7-5-4-6-8-12;1-2-10-14-12(13)9-8-11-6-4-3-5-7-11;1-4-8-12(9-5-2)10-6-7-11-13-3;1-4-7-8-11-12(9-5-2)10-6-3;1-4-7-8-9(5-2)6-3/h8-10,12-15H,2-7,11,16H2,1H3;2-4,7-10H,5-6,11-12H2,1H3;4-6,8-11H,2-3,7,12H2,1H3;4-10H,2-3,11H2,1H3;3-9H,2,10H2,1H3;4-5H,1-2,6-11H2,3H3;5-6H,2-4,7-11H2,1H3;5,9H,2,4,6-8H2,1,3H3/b15-14+;10-9+;11-10+;10-9+;9-8+;;;. The van der Waals surface area contributed by atoms with Crippen LogP contribution < -0.4 is 0 Å². The summed E-state index contributed by atoms with van der Waals surface area (Å²) in [7, 11) is 3.40. The molecule has 0 N–H and O–H groups in total. The lowest BCUT2D eigenvalue weighted by atomic mass is 10.00. The van der Waals surface area contributed by atoms with Gasteiger partial charge in [-0.25, -0.2) is 24.0 Å². The first-order valence-electron chi connectivity index (χ1n) is 42.7. The fraction of sp³-hybridized carbons (Fsp3) is 0.461. The van der Waals surface area contributed by atoms with E-state index in [0.717, 1.165) is 144 Å². The second kappa shape index (κ2) is 89.6. The molecular weight excluding hydrogens is 1450 g/mol. The van der Waals surface area contributed by atoms with Gasteiger partial charge in [0, 0.05) is 84.0 Å². The molecule has 0 heterocycles. The number of allylic oxidation sites excluding steroid dienone is 1. The largest absolute Gasteiger partial charge is 0.463 e. The zero-order chi connectivity index (χ0) is 85.9. The van der Waals surface area contributed by atoms with Gasteiger partial charge in [-0.3, -0.25) is 9.80 Å². The van der Waals surface area contributed by atoms with E-state index in [9.17, 15) is 24.0 Å². The lowest BCUT2D eigenvalue weighted by molar-refractivity contribution is -0.138. The third kappa shape index (κ3) is 79.9. The fourth-order valence-corrected chi connectivity index (χ4v) is 10.0. The predicted molar refractivity (Wildman–Crippen MR) is 494 cm³/mol. The minimum atomic E-state index is -0.300. The topological polar surface area (TPSA) is 156 Å². The highest BCUT2D eigenvalue weighted by molar-refractivity contribution is 5.89. The molecule has 14 heteroatoms. The summed E-state index contributed by atoms with van der Waals surface area (Å²) in [6.45, 7) is 43.9. The van der Waals surface area contributed by atoms with Gasteiger partial charge in [0.05, 0.1) is 33.0 Å². The third-order valence-electron chi connectivity index (χ3n) is 16.7. The van der Waals surface area contributed by atoms with Gasteiger partial charge in [0.25, 0.3) is 0 Å². The SMILES string of the molecule is C=CC(CC)CCCC.C=CCN(CC=C)CCCCC.C=CCN(CC=C)CCCCOC.CCCCCCCCCOC(=O)/C=C/c1ccccc1.CCCCCOC(=O)/C=C/c1ccccc1.CCCCOC(=O)/C=C/c1ccccc1.CCCOC(=O)/C=C/c1ccccc1.COCCCCOC(=O)/C=C/c1ccccc1. The van der Waals surface area contributed by atoms with Crippen LogP contribution in [0.4, 0.5) is 0 Å². The van der Waals surface area contributed by atoms with E-state index in [-0.39, 0.29) is 29.8 Å². The smallest absolute Gasteiger partial charge is 0.330 e. The van der Waals surface area contributed by atoms with E-state index in [1.54, 1.807) is 44.6 Å². The van der Waals surface area contributed by atoms with Crippen LogP contribution in [0.1, 0.15) is 230 Å². The third-order valence-corrected chi connectivity index (χ3v) is 16.7. The second-order valence-corrected chi connectivity index (χ2v) is 27.1. The lowest BCUT2D eigenvalue weighted by Gasteiger charge is -2.18. The van der Waals surface area contributed by atoms with Gasteiger partial charge < -0.3 is 33.2 Å². The lowest BCUT2D eigenvalue weighted by Crippen LogP contribution is -2.25. The molecule has 14 nitrogen and oxygen atoms in total. The van der Waals surface area contributed by atoms with Crippen molar-refractivity contribution in [2.45, 2.75) is 203 Å². The Hall–Kier alpha value is -9.31. The maximum Gasteiger partial charge on any atom is 0.330 e. The molecule has 1 atom stereocenters. The van der Waals surface area contributed by atoms with Crippen molar-refractivity contribution in [3.05, 3.63) is 273 Å². The van der Waals surface area contributed by atoms with Crippen LogP contribution in [-0.4, -0.2) is 139 Å². The molecule has 0 fully saturated rings. The molecule has 0 radical (unpaired) electrons. The Labute approximate surface area is 704 Å². The Morgan fingerprint density at radius 2 is 0.534 bits per heavy atom. The summed E-state index contributed by atoms with van der Waals surface area (Å²) in [6.07, 6.45) is 53.8. The summed E-state index contributed by atoms with van der Waals surface area (Å²) in [6, 6.07) is 48.5. The minimum Gasteiger partial charge on any atom is -0.463 e. The van der Waals surface area contributed by atoms with Crippen LogP contribution in [0.3, 0.4) is 0 Å². The molecular formula is C102H152N2O12. The Bertz CT molecular complexity index is 3220. The van der Waals surface area contributed by atoms with Crippen molar-refractivity contribution in [3.63, 3.8) is 0 Å². The van der Waals surface area contributed by atoms with E-state index >= 15 is 0 Å². The molecule has 0 aliphatic heterocycles. The Morgan fingerprint density at radius 1 is 0.293 bits per heavy atom. The normalized spacial score (nSPS) is 10.7. The number of methoxy groups -OCH3 is 2. The van der Waals surface area contributed by atoms with Gasteiger partial charge in [-0.15, -0.1) is 32.9 Å². The zero-order valence-electron chi connectivity index (χ0n) is 73.2. The molecule has 0 amide bonds. The maximum absolute atomic E-state index is 11.5. The monoisotopic (exact) mass is 1600 g/mol. The fourth-order valence-electron chi connectivity index (χ4n) is 10.0. The molecule has 5 aromatic rings. The zero-order valence-corrected chi connectivity index (χ0v) is 73.2. The Balaban J connectivity index is -0.00000127. The number of carbonyl (C=O) groups is 5. The summed E-state index contributed by atoms with van der Waals surface area (Å²) in [5, 5.41) is 0. The molecule has 0 aliphatic carbocycles. The van der Waals surface area contributed by atoms with Gasteiger partial charge in [0.2, 0.25) is 0 Å². The first-order chi connectivity index (χ1) is 56.7. The molecule has 0 saturated heterocycles. The Morgan fingerprint density at radius 3 is 0.819 bits per heavy atom. The van der Waals surface area contributed by atoms with Gasteiger partial charge >= 0.3 is 29.8 Å². The van der Waals surface area contributed by atoms with Crippen LogP contribution in [0.5, 0.6) is 0 Å². The van der Waals surface area contributed by atoms with Crippen LogP contribution in [0.2, 0.25) is 0 Å². The molecule has 0 aromatic heterocycles. The number of hydrogen-bond donors (Lipinski definition) is 0. The predicted octanol–water partition coefficient (Wildman–Crippen LogP) is 25.1. The van der Waals surface area contributed by atoms with Crippen molar-refractivity contribution in [2.24, 2.45) is 5.92 Å². The molecule has 5 rings (SSSR count). The van der Waals surface area contributed by atoms with E-state index < -0.39 is 0 Å². The molecule has 0 saturated carbocycles. The quantitative estimate of drug-likeness (QED) is 0.0119. The van der Waals surface area contributed by atoms with Gasteiger partial charge in [0.1, 0.15) is 0 Å². The van der Waals surface area contributed by atoms with Crippen molar-refractivity contribution < 1.29 is 57.1 Å². The van der Waals surface area contributed by atoms with Crippen LogP contribution >= 0.6 is 0 Å². The molecule has 5 aromatic carbocycles. The average molecular weight is 1600 g/mol. The summed E-state index contributed by atoms with van der Waals surface area (Å²) in [5.74, 6) is -0.598. The highest BCUT2D eigenvalue weighted by Crippen LogP contribution is 2.13. The molecule has 1 unspecified atom stereocenters. The maximum atomic E-state index is 11.5. The van der Waals surface area contributed by atoms with E-state index in [1.807, 2.05) is 183 Å². The van der Waals surface area contributed by atoms with Crippen LogP contribution in [0.15, 0.2) is 245 Å². The number of benzene rings is 5. The second-order valence-electron chi connectivity index (χ2n) is 27.1. The number of hydrogen-bond acceptors (Lipinski definition) is 14. The van der Waals surface area contributed by atoms with E-state index in [2.05, 4.69) is 90.3 Å². The van der Waals surface area contributed by atoms with Gasteiger partial charge in [-0.1, -0.05) is 314 Å². The molecule has 0 aliphatic rings. The highest BCUT2D eigenvalue weighted by Gasteiger charge is 2.04. The highest BCUT2D eigenvalue weighted by atomic mass is 16.5. The number of rotatable bonds is 54. The number of carbonyl (C=O) groups excluding carboxylic acids is 5. The molecule has 642 valence electrons. The van der Waals surface area contributed by atoms with Crippen molar-refractivity contribution in [1.29, 1.82) is 0 Å². The van der Waals surface area contributed by atoms with Gasteiger partial charge in [0.15, 0.2) is 0 Å². The van der Waals surface area contributed by atoms with Crippen LogP contribution in [0.25, 0.3) is 30.4 Å². The summed E-state index contributed by atoms with van der Waals surface area (Å²) >= 11 is 0. The summed E-state index contributed by atoms with van der Waals surface area (Å²) in [4.78, 5) is 61.0. The van der Waals surface area contributed by atoms with Crippen LogP contribution in [-0.2, 0) is 57.1 Å². The van der Waals surface area contributed by atoms with E-state index in [4.69, 9.17) is 33.2 Å². The first kappa shape index (κ1) is 111.